The van der Waals surface area contributed by atoms with Crippen LogP contribution in [0.3, 0.4) is 0 Å². The van der Waals surface area contributed by atoms with Crippen LogP contribution in [0.2, 0.25) is 0 Å². The molecule has 2 fully saturated rings. The number of fused-ring (bicyclic) bond motifs is 1. The number of carbonyl (C=O) groups is 2. The summed E-state index contributed by atoms with van der Waals surface area (Å²) in [6.07, 6.45) is 0. The van der Waals surface area contributed by atoms with Crippen molar-refractivity contribution in [2.75, 3.05) is 33.2 Å². The molecule has 6 heteroatoms. The Hall–Kier alpha value is -1.95. The van der Waals surface area contributed by atoms with Crippen LogP contribution in [0.25, 0.3) is 0 Å². The van der Waals surface area contributed by atoms with Gasteiger partial charge in [-0.15, -0.1) is 0 Å². The monoisotopic (exact) mass is 305 g/mol. The molecule has 2 heterocycles. The third kappa shape index (κ3) is 2.70. The van der Waals surface area contributed by atoms with Gasteiger partial charge in [0.1, 0.15) is 11.9 Å². The largest absolute Gasteiger partial charge is 0.335 e. The predicted molar refractivity (Wildman–Crippen MR) is 79.6 cm³/mol. The van der Waals surface area contributed by atoms with Gasteiger partial charge in [0.2, 0.25) is 11.8 Å². The van der Waals surface area contributed by atoms with E-state index in [2.05, 4.69) is 4.90 Å². The fourth-order valence-corrected chi connectivity index (χ4v) is 3.11. The van der Waals surface area contributed by atoms with Gasteiger partial charge in [-0.1, -0.05) is 12.1 Å². The molecular weight excluding hydrogens is 285 g/mol. The summed E-state index contributed by atoms with van der Waals surface area (Å²) in [6, 6.07) is 4.81. The number of carbonyl (C=O) groups excluding carboxylic acids is 2. The number of piperazine rings is 2. The number of hydrogen-bond acceptors (Lipinski definition) is 3. The van der Waals surface area contributed by atoms with E-state index in [0.717, 1.165) is 5.56 Å². The van der Waals surface area contributed by atoms with Gasteiger partial charge in [0, 0.05) is 33.2 Å². The molecule has 1 atom stereocenters. The summed E-state index contributed by atoms with van der Waals surface area (Å²) in [6.45, 7) is 4.25. The van der Waals surface area contributed by atoms with Crippen molar-refractivity contribution in [1.82, 2.24) is 14.7 Å². The molecular formula is C16H20FN3O2. The molecule has 118 valence electrons. The Labute approximate surface area is 129 Å². The minimum atomic E-state index is -0.407. The van der Waals surface area contributed by atoms with Gasteiger partial charge in [0.15, 0.2) is 0 Å². The zero-order chi connectivity index (χ0) is 15.9. The lowest BCUT2D eigenvalue weighted by molar-refractivity contribution is -0.158. The topological polar surface area (TPSA) is 43.9 Å². The number of likely N-dealkylation sites (N-methyl/N-ethyl adjacent to an activating group) is 1. The maximum absolute atomic E-state index is 13.6. The van der Waals surface area contributed by atoms with Crippen LogP contribution in [-0.2, 0) is 16.1 Å². The van der Waals surface area contributed by atoms with Gasteiger partial charge in [-0.2, -0.15) is 0 Å². The Bertz CT molecular complexity index is 619. The Kier molecular flexibility index (Phi) is 3.87. The van der Waals surface area contributed by atoms with E-state index in [0.29, 0.717) is 31.7 Å². The average molecular weight is 305 g/mol. The van der Waals surface area contributed by atoms with Crippen LogP contribution in [0.5, 0.6) is 0 Å². The van der Waals surface area contributed by atoms with Gasteiger partial charge in [0.05, 0.1) is 6.54 Å². The molecule has 0 N–H and O–H groups in total. The molecule has 22 heavy (non-hydrogen) atoms. The van der Waals surface area contributed by atoms with E-state index in [1.165, 1.54) is 4.90 Å². The predicted octanol–water partition coefficient (Wildman–Crippen LogP) is 0.619. The summed E-state index contributed by atoms with van der Waals surface area (Å²) < 4.78 is 13.6. The summed E-state index contributed by atoms with van der Waals surface area (Å²) in [4.78, 5) is 29.5. The van der Waals surface area contributed by atoms with E-state index in [9.17, 15) is 14.0 Å². The standard InChI is InChI=1S/C16H20FN3O2/c1-11-3-4-12(7-13(11)17)8-19-5-6-20-14(9-19)16(22)18(2)10-15(20)21/h3-4,7,14H,5-6,8-10H2,1-2H3/t14-/m1/s1. The fourth-order valence-electron chi connectivity index (χ4n) is 3.11. The summed E-state index contributed by atoms with van der Waals surface area (Å²) in [5.41, 5.74) is 1.52. The van der Waals surface area contributed by atoms with Crippen molar-refractivity contribution < 1.29 is 14.0 Å². The average Bonchev–Trinajstić information content (AvgIpc) is 2.49. The van der Waals surface area contributed by atoms with E-state index in [-0.39, 0.29) is 24.2 Å². The molecule has 0 aromatic heterocycles. The first-order valence-electron chi connectivity index (χ1n) is 7.47. The van der Waals surface area contributed by atoms with Crippen molar-refractivity contribution in [3.05, 3.63) is 35.1 Å². The molecule has 2 aliphatic heterocycles. The molecule has 2 amide bonds. The molecule has 5 nitrogen and oxygen atoms in total. The Morgan fingerprint density at radius 3 is 2.77 bits per heavy atom. The van der Waals surface area contributed by atoms with Gasteiger partial charge in [-0.25, -0.2) is 4.39 Å². The summed E-state index contributed by atoms with van der Waals surface area (Å²) in [7, 11) is 1.66. The van der Waals surface area contributed by atoms with E-state index >= 15 is 0 Å². The van der Waals surface area contributed by atoms with Crippen molar-refractivity contribution in [3.63, 3.8) is 0 Å². The first-order valence-corrected chi connectivity index (χ1v) is 7.47. The Morgan fingerprint density at radius 1 is 1.27 bits per heavy atom. The quantitative estimate of drug-likeness (QED) is 0.804. The van der Waals surface area contributed by atoms with Crippen molar-refractivity contribution >= 4 is 11.8 Å². The van der Waals surface area contributed by atoms with E-state index in [4.69, 9.17) is 0 Å². The van der Waals surface area contributed by atoms with Crippen molar-refractivity contribution in [2.45, 2.75) is 19.5 Å². The van der Waals surface area contributed by atoms with Gasteiger partial charge < -0.3 is 9.80 Å². The number of nitrogens with zero attached hydrogens (tertiary/aromatic N) is 3. The highest BCUT2D eigenvalue weighted by atomic mass is 19.1. The zero-order valence-corrected chi connectivity index (χ0v) is 12.9. The van der Waals surface area contributed by atoms with E-state index in [1.807, 2.05) is 6.07 Å². The number of amides is 2. The molecule has 0 bridgehead atoms. The smallest absolute Gasteiger partial charge is 0.246 e. The lowest BCUT2D eigenvalue weighted by Gasteiger charge is -2.45. The third-order valence-electron chi connectivity index (χ3n) is 4.46. The van der Waals surface area contributed by atoms with Gasteiger partial charge in [-0.3, -0.25) is 14.5 Å². The van der Waals surface area contributed by atoms with Gasteiger partial charge in [0.25, 0.3) is 0 Å². The van der Waals surface area contributed by atoms with Crippen molar-refractivity contribution in [1.29, 1.82) is 0 Å². The third-order valence-corrected chi connectivity index (χ3v) is 4.46. The van der Waals surface area contributed by atoms with Crippen LogP contribution in [0.4, 0.5) is 4.39 Å². The first kappa shape index (κ1) is 15.0. The van der Waals surface area contributed by atoms with Crippen LogP contribution in [0.15, 0.2) is 18.2 Å². The molecule has 0 spiro atoms. The number of halogens is 1. The fraction of sp³-hybridized carbons (Fsp3) is 0.500. The lowest BCUT2D eigenvalue weighted by atomic mass is 10.1. The highest BCUT2D eigenvalue weighted by Crippen LogP contribution is 2.19. The lowest BCUT2D eigenvalue weighted by Crippen LogP contribution is -2.65. The molecule has 1 aromatic rings. The first-order chi connectivity index (χ1) is 10.5. The van der Waals surface area contributed by atoms with E-state index < -0.39 is 6.04 Å². The normalized spacial score (nSPS) is 23.0. The SMILES string of the molecule is Cc1ccc(CN2CCN3C(=O)CN(C)C(=O)[C@H]3C2)cc1F. The summed E-state index contributed by atoms with van der Waals surface area (Å²) in [5, 5.41) is 0. The molecule has 0 unspecified atom stereocenters. The molecule has 0 radical (unpaired) electrons. The van der Waals surface area contributed by atoms with E-state index in [1.54, 1.807) is 31.0 Å². The number of rotatable bonds is 2. The highest BCUT2D eigenvalue weighted by Gasteiger charge is 2.41. The second kappa shape index (κ2) is 5.68. The maximum Gasteiger partial charge on any atom is 0.246 e. The van der Waals surface area contributed by atoms with Gasteiger partial charge in [-0.05, 0) is 24.1 Å². The van der Waals surface area contributed by atoms with Crippen LogP contribution < -0.4 is 0 Å². The molecule has 0 saturated carbocycles. The molecule has 2 aliphatic rings. The van der Waals surface area contributed by atoms with Crippen molar-refractivity contribution in [3.8, 4) is 0 Å². The maximum atomic E-state index is 13.6. The minimum absolute atomic E-state index is 0.00753. The van der Waals surface area contributed by atoms with Crippen LogP contribution in [0, 0.1) is 12.7 Å². The second-order valence-electron chi connectivity index (χ2n) is 6.12. The Morgan fingerprint density at radius 2 is 2.05 bits per heavy atom. The summed E-state index contributed by atoms with van der Waals surface area (Å²) >= 11 is 0. The Balaban J connectivity index is 1.71. The number of hydrogen-bond donors (Lipinski definition) is 0. The summed E-state index contributed by atoms with van der Waals surface area (Å²) in [5.74, 6) is -0.215. The number of aryl methyl sites for hydroxylation is 1. The molecule has 2 saturated heterocycles. The van der Waals surface area contributed by atoms with Crippen molar-refractivity contribution in [2.24, 2.45) is 0 Å². The zero-order valence-electron chi connectivity index (χ0n) is 12.9. The molecule has 3 rings (SSSR count). The van der Waals surface area contributed by atoms with Crippen LogP contribution in [-0.4, -0.2) is 65.8 Å². The number of benzene rings is 1. The van der Waals surface area contributed by atoms with Crippen LogP contribution in [0.1, 0.15) is 11.1 Å². The molecule has 0 aliphatic carbocycles. The second-order valence-corrected chi connectivity index (χ2v) is 6.12. The molecule has 1 aromatic carbocycles. The van der Waals surface area contributed by atoms with Crippen LogP contribution >= 0.6 is 0 Å². The minimum Gasteiger partial charge on any atom is -0.335 e. The highest BCUT2D eigenvalue weighted by molar-refractivity contribution is 5.95. The van der Waals surface area contributed by atoms with Gasteiger partial charge >= 0.3 is 0 Å².